The van der Waals surface area contributed by atoms with Crippen LogP contribution in [0.25, 0.3) is 6.08 Å². The molecule has 3 amide bonds. The highest BCUT2D eigenvalue weighted by molar-refractivity contribution is 8.00. The molecule has 53 heavy (non-hydrogen) atoms. The minimum Gasteiger partial charge on any atom is -0.489 e. The number of amides is 3. The molecule has 0 saturated carbocycles. The number of thioether (sulfide) groups is 1. The van der Waals surface area contributed by atoms with Crippen molar-refractivity contribution in [3.8, 4) is 5.75 Å². The Kier molecular flexibility index (Phi) is 12.2. The molecule has 3 N–H and O–H groups in total. The van der Waals surface area contributed by atoms with Crippen molar-refractivity contribution in [3.05, 3.63) is 197 Å². The van der Waals surface area contributed by atoms with Crippen molar-refractivity contribution in [3.63, 3.8) is 0 Å². The van der Waals surface area contributed by atoms with Gasteiger partial charge in [0.15, 0.2) is 0 Å². The molecule has 0 saturated heterocycles. The molecular weight excluding hydrogens is 679 g/mol. The maximum Gasteiger partial charge on any atom is 0.272 e. The molecule has 0 aliphatic heterocycles. The van der Waals surface area contributed by atoms with Gasteiger partial charge in [-0.05, 0) is 96.3 Å². The first-order chi connectivity index (χ1) is 25.8. The lowest BCUT2D eigenvalue weighted by Gasteiger charge is -2.19. The molecule has 0 aliphatic rings. The molecule has 1 atom stereocenters. The van der Waals surface area contributed by atoms with Crippen molar-refractivity contribution in [2.75, 3.05) is 10.6 Å². The maximum atomic E-state index is 13.8. The number of hydrogen-bond donors (Lipinski definition) is 3. The normalized spacial score (nSPS) is 11.6. The first kappa shape index (κ1) is 36.4. The SMILES string of the molecule is Cc1ccc(C)c(NC(=O)C(Sc2cccc(NC(=O)/C(=C\c3ccc(OCc4ccccc4)cc3)NC(=O)c3ccccc3)c2)c2ccccc2)c1. The van der Waals surface area contributed by atoms with E-state index in [1.807, 2.05) is 141 Å². The molecule has 0 aliphatic carbocycles. The minimum absolute atomic E-state index is 0.0601. The highest BCUT2D eigenvalue weighted by atomic mass is 32.2. The molecule has 6 aromatic rings. The zero-order valence-electron chi connectivity index (χ0n) is 29.4. The fraction of sp³-hybridized carbons (Fsp3) is 0.0889. The number of aryl methyl sites for hydroxylation is 2. The fourth-order valence-electron chi connectivity index (χ4n) is 5.46. The third-order valence-electron chi connectivity index (χ3n) is 8.31. The third-order valence-corrected chi connectivity index (χ3v) is 9.55. The number of anilines is 2. The van der Waals surface area contributed by atoms with E-state index in [9.17, 15) is 14.4 Å². The van der Waals surface area contributed by atoms with Gasteiger partial charge in [0.1, 0.15) is 23.3 Å². The Bertz CT molecular complexity index is 2210. The summed E-state index contributed by atoms with van der Waals surface area (Å²) in [5, 5.41) is 8.30. The van der Waals surface area contributed by atoms with Gasteiger partial charge in [-0.2, -0.15) is 0 Å². The summed E-state index contributed by atoms with van der Waals surface area (Å²) in [5.74, 6) is -0.404. The number of nitrogens with one attached hydrogen (secondary N) is 3. The van der Waals surface area contributed by atoms with Gasteiger partial charge < -0.3 is 20.7 Å². The number of carbonyl (C=O) groups is 3. The van der Waals surface area contributed by atoms with E-state index in [1.165, 1.54) is 11.8 Å². The molecule has 0 radical (unpaired) electrons. The van der Waals surface area contributed by atoms with Gasteiger partial charge in [0.2, 0.25) is 5.91 Å². The lowest BCUT2D eigenvalue weighted by atomic mass is 10.1. The van der Waals surface area contributed by atoms with Crippen LogP contribution in [-0.2, 0) is 16.2 Å². The van der Waals surface area contributed by atoms with Gasteiger partial charge in [0.05, 0.1) is 0 Å². The van der Waals surface area contributed by atoms with Crippen LogP contribution >= 0.6 is 11.8 Å². The molecule has 1 unspecified atom stereocenters. The topological polar surface area (TPSA) is 96.5 Å². The van der Waals surface area contributed by atoms with E-state index in [0.717, 1.165) is 32.8 Å². The quantitative estimate of drug-likeness (QED) is 0.0817. The molecule has 8 heteroatoms. The molecule has 0 aromatic heterocycles. The van der Waals surface area contributed by atoms with Crippen molar-refractivity contribution in [2.45, 2.75) is 30.6 Å². The molecule has 0 fully saturated rings. The molecule has 6 aromatic carbocycles. The Hall–Kier alpha value is -6.38. The Labute approximate surface area is 314 Å². The van der Waals surface area contributed by atoms with Crippen LogP contribution in [0.5, 0.6) is 5.75 Å². The van der Waals surface area contributed by atoms with Crippen LogP contribution in [0.3, 0.4) is 0 Å². The molecule has 0 bridgehead atoms. The Morgan fingerprint density at radius 1 is 0.698 bits per heavy atom. The first-order valence-corrected chi connectivity index (χ1v) is 18.0. The minimum atomic E-state index is -0.567. The van der Waals surface area contributed by atoms with Crippen LogP contribution in [0.2, 0.25) is 0 Å². The zero-order valence-corrected chi connectivity index (χ0v) is 30.2. The summed E-state index contributed by atoms with van der Waals surface area (Å²) < 4.78 is 5.93. The third kappa shape index (κ3) is 10.3. The Morgan fingerprint density at radius 2 is 1.38 bits per heavy atom. The lowest BCUT2D eigenvalue weighted by Crippen LogP contribution is -2.30. The Morgan fingerprint density at radius 3 is 2.09 bits per heavy atom. The molecule has 0 heterocycles. The van der Waals surface area contributed by atoms with Crippen molar-refractivity contribution in [1.29, 1.82) is 0 Å². The van der Waals surface area contributed by atoms with Gasteiger partial charge in [-0.1, -0.05) is 109 Å². The van der Waals surface area contributed by atoms with Crippen LogP contribution in [0.4, 0.5) is 11.4 Å². The fourth-order valence-corrected chi connectivity index (χ4v) is 6.54. The summed E-state index contributed by atoms with van der Waals surface area (Å²) in [4.78, 5) is 41.6. The van der Waals surface area contributed by atoms with Gasteiger partial charge in [-0.25, -0.2) is 0 Å². The average molecular weight is 718 g/mol. The molecule has 0 spiro atoms. The molecule has 6 rings (SSSR count). The molecule has 264 valence electrons. The summed E-state index contributed by atoms with van der Waals surface area (Å²) in [6.07, 6.45) is 1.62. The number of hydrogen-bond acceptors (Lipinski definition) is 5. The highest BCUT2D eigenvalue weighted by Gasteiger charge is 2.23. The van der Waals surface area contributed by atoms with Crippen molar-refractivity contribution in [1.82, 2.24) is 5.32 Å². The van der Waals surface area contributed by atoms with Crippen molar-refractivity contribution >= 4 is 46.9 Å². The average Bonchev–Trinajstić information content (AvgIpc) is 3.19. The van der Waals surface area contributed by atoms with E-state index in [4.69, 9.17) is 4.74 Å². The number of rotatable bonds is 13. The van der Waals surface area contributed by atoms with Crippen LogP contribution < -0.4 is 20.7 Å². The van der Waals surface area contributed by atoms with E-state index in [1.54, 1.807) is 36.4 Å². The van der Waals surface area contributed by atoms with E-state index in [-0.39, 0.29) is 11.6 Å². The second kappa shape index (κ2) is 17.7. The summed E-state index contributed by atoms with van der Waals surface area (Å²) >= 11 is 1.38. The van der Waals surface area contributed by atoms with Crippen LogP contribution in [0.15, 0.2) is 168 Å². The second-order valence-electron chi connectivity index (χ2n) is 12.4. The van der Waals surface area contributed by atoms with Gasteiger partial charge in [0, 0.05) is 21.8 Å². The standard InChI is InChI=1S/C45H39N3O4S/c1-31-21-22-32(2)40(27-31)47-45(51)42(35-15-8-4-9-16-35)53-39-20-12-19-37(29-39)46-44(50)41(48-43(49)36-17-10-5-11-18-36)28-33-23-25-38(26-24-33)52-30-34-13-6-3-7-14-34/h3-29,42H,30H2,1-2H3,(H,46,50)(H,47,51)(H,48,49)/b41-28+. The first-order valence-electron chi connectivity index (χ1n) is 17.2. The number of carbonyl (C=O) groups excluding carboxylic acids is 3. The van der Waals surface area contributed by atoms with E-state index < -0.39 is 17.1 Å². The van der Waals surface area contributed by atoms with E-state index in [2.05, 4.69) is 16.0 Å². The Balaban J connectivity index is 1.21. The predicted octanol–water partition coefficient (Wildman–Crippen LogP) is 9.76. The van der Waals surface area contributed by atoms with Crippen LogP contribution in [0.1, 0.15) is 43.4 Å². The van der Waals surface area contributed by atoms with Gasteiger partial charge in [-0.3, -0.25) is 14.4 Å². The summed E-state index contributed by atoms with van der Waals surface area (Å²) in [7, 11) is 0. The van der Waals surface area contributed by atoms with Crippen LogP contribution in [-0.4, -0.2) is 17.7 Å². The largest absolute Gasteiger partial charge is 0.489 e. The van der Waals surface area contributed by atoms with E-state index in [0.29, 0.717) is 29.2 Å². The summed E-state index contributed by atoms with van der Waals surface area (Å²) in [5.41, 5.74) is 6.37. The highest BCUT2D eigenvalue weighted by Crippen LogP contribution is 2.37. The number of benzene rings is 6. The zero-order chi connectivity index (χ0) is 37.0. The molecule has 7 nitrogen and oxygen atoms in total. The predicted molar refractivity (Wildman–Crippen MR) is 214 cm³/mol. The van der Waals surface area contributed by atoms with Crippen molar-refractivity contribution in [2.24, 2.45) is 0 Å². The smallest absolute Gasteiger partial charge is 0.272 e. The summed E-state index contributed by atoms with van der Waals surface area (Å²) in [6.45, 7) is 4.38. The second-order valence-corrected chi connectivity index (χ2v) is 13.6. The summed E-state index contributed by atoms with van der Waals surface area (Å²) in [6, 6.07) is 48.8. The van der Waals surface area contributed by atoms with Crippen LogP contribution in [0, 0.1) is 13.8 Å². The number of ether oxygens (including phenoxy) is 1. The maximum absolute atomic E-state index is 13.8. The van der Waals surface area contributed by atoms with Gasteiger partial charge >= 0.3 is 0 Å². The monoisotopic (exact) mass is 717 g/mol. The lowest BCUT2D eigenvalue weighted by molar-refractivity contribution is -0.116. The van der Waals surface area contributed by atoms with Gasteiger partial charge in [0.25, 0.3) is 11.8 Å². The van der Waals surface area contributed by atoms with Crippen molar-refractivity contribution < 1.29 is 19.1 Å². The van der Waals surface area contributed by atoms with E-state index >= 15 is 0 Å². The molecular formula is C45H39N3O4S. The van der Waals surface area contributed by atoms with Gasteiger partial charge in [-0.15, -0.1) is 11.8 Å².